The van der Waals surface area contributed by atoms with Crippen LogP contribution in [-0.2, 0) is 11.3 Å². The van der Waals surface area contributed by atoms with Crippen molar-refractivity contribution in [2.75, 3.05) is 20.3 Å². The molecule has 0 atom stereocenters. The van der Waals surface area contributed by atoms with Crippen molar-refractivity contribution in [3.05, 3.63) is 28.9 Å². The molecule has 0 radical (unpaired) electrons. The van der Waals surface area contributed by atoms with Gasteiger partial charge in [0.1, 0.15) is 10.7 Å². The molecule has 96 valence electrons. The first kappa shape index (κ1) is 13.1. The number of hydrogen-bond acceptors (Lipinski definition) is 6. The minimum Gasteiger partial charge on any atom is -0.383 e. The van der Waals surface area contributed by atoms with Gasteiger partial charge in [0.2, 0.25) is 0 Å². The quantitative estimate of drug-likeness (QED) is 0.804. The number of methoxy groups -OCH3 is 1. The smallest absolute Gasteiger partial charge is 0.166 e. The molecule has 1 N–H and O–H groups in total. The topological polar surface area (TPSA) is 59.9 Å². The van der Waals surface area contributed by atoms with Gasteiger partial charge in [-0.1, -0.05) is 17.4 Å². The Labute approximate surface area is 110 Å². The molecule has 0 spiro atoms. The average molecular weight is 264 g/mol. The molecule has 0 unspecified atom stereocenters. The Morgan fingerprint density at radius 3 is 3.06 bits per heavy atom. The fraction of sp³-hybridized carbons (Fsp3) is 0.417. The standard InChI is InChI=1S/C12H16N4OS/c1-9-4-3-5-14-11(9)12-16-15-10(18-12)8-13-6-7-17-2/h3-5,13H,6-8H2,1-2H3. The first-order valence-electron chi connectivity index (χ1n) is 5.75. The summed E-state index contributed by atoms with van der Waals surface area (Å²) in [6.45, 7) is 4.26. The van der Waals surface area contributed by atoms with Gasteiger partial charge >= 0.3 is 0 Å². The third-order valence-corrected chi connectivity index (χ3v) is 3.37. The Morgan fingerprint density at radius 2 is 2.28 bits per heavy atom. The number of aryl methyl sites for hydroxylation is 1. The third kappa shape index (κ3) is 3.32. The second kappa shape index (κ2) is 6.53. The zero-order valence-corrected chi connectivity index (χ0v) is 11.3. The van der Waals surface area contributed by atoms with E-state index in [0.29, 0.717) is 13.2 Å². The molecule has 2 aromatic rings. The molecule has 0 saturated carbocycles. The summed E-state index contributed by atoms with van der Waals surface area (Å²) >= 11 is 1.57. The SMILES string of the molecule is COCCNCc1nnc(-c2ncccc2C)s1. The van der Waals surface area contributed by atoms with Crippen molar-refractivity contribution in [3.63, 3.8) is 0 Å². The zero-order chi connectivity index (χ0) is 12.8. The van der Waals surface area contributed by atoms with Gasteiger partial charge in [-0.15, -0.1) is 10.2 Å². The largest absolute Gasteiger partial charge is 0.383 e. The Balaban J connectivity index is 2.00. The molecule has 18 heavy (non-hydrogen) atoms. The van der Waals surface area contributed by atoms with E-state index in [-0.39, 0.29) is 0 Å². The van der Waals surface area contributed by atoms with Crippen molar-refractivity contribution < 1.29 is 4.74 Å². The van der Waals surface area contributed by atoms with Gasteiger partial charge in [0.15, 0.2) is 5.01 Å². The summed E-state index contributed by atoms with van der Waals surface area (Å²) in [5.74, 6) is 0. The number of ether oxygens (including phenoxy) is 1. The molecule has 0 amide bonds. The number of nitrogens with one attached hydrogen (secondary N) is 1. The summed E-state index contributed by atoms with van der Waals surface area (Å²) < 4.78 is 4.96. The molecular weight excluding hydrogens is 248 g/mol. The van der Waals surface area contributed by atoms with E-state index < -0.39 is 0 Å². The first-order chi connectivity index (χ1) is 8.81. The molecule has 2 heterocycles. The van der Waals surface area contributed by atoms with Crippen molar-refractivity contribution in [2.45, 2.75) is 13.5 Å². The monoisotopic (exact) mass is 264 g/mol. The van der Waals surface area contributed by atoms with Crippen molar-refractivity contribution >= 4 is 11.3 Å². The molecule has 6 heteroatoms. The lowest BCUT2D eigenvalue weighted by Gasteiger charge is -1.99. The Kier molecular flexibility index (Phi) is 4.74. The van der Waals surface area contributed by atoms with Crippen LogP contribution in [0, 0.1) is 6.92 Å². The molecule has 2 aromatic heterocycles. The minimum absolute atomic E-state index is 0.699. The van der Waals surface area contributed by atoms with Gasteiger partial charge in [0.25, 0.3) is 0 Å². The van der Waals surface area contributed by atoms with Crippen LogP contribution >= 0.6 is 11.3 Å². The van der Waals surface area contributed by atoms with Crippen LogP contribution in [-0.4, -0.2) is 35.4 Å². The highest BCUT2D eigenvalue weighted by Gasteiger charge is 2.09. The molecular formula is C12H16N4OS. The number of pyridine rings is 1. The molecule has 0 bridgehead atoms. The highest BCUT2D eigenvalue weighted by atomic mass is 32.1. The van der Waals surface area contributed by atoms with Gasteiger partial charge < -0.3 is 10.1 Å². The van der Waals surface area contributed by atoms with Crippen LogP contribution in [0.1, 0.15) is 10.6 Å². The summed E-state index contributed by atoms with van der Waals surface area (Å²) in [6, 6.07) is 3.95. The first-order valence-corrected chi connectivity index (χ1v) is 6.57. The lowest BCUT2D eigenvalue weighted by atomic mass is 10.2. The summed E-state index contributed by atoms with van der Waals surface area (Å²) in [7, 11) is 1.69. The molecule has 0 saturated heterocycles. The maximum Gasteiger partial charge on any atom is 0.166 e. The van der Waals surface area contributed by atoms with Crippen molar-refractivity contribution in [1.82, 2.24) is 20.5 Å². The normalized spacial score (nSPS) is 10.8. The highest BCUT2D eigenvalue weighted by molar-refractivity contribution is 7.14. The summed E-state index contributed by atoms with van der Waals surface area (Å²) in [5, 5.41) is 13.4. The van der Waals surface area contributed by atoms with Gasteiger partial charge in [-0.2, -0.15) is 0 Å². The van der Waals surface area contributed by atoms with E-state index in [4.69, 9.17) is 4.74 Å². The van der Waals surface area contributed by atoms with Crippen LogP contribution in [0.4, 0.5) is 0 Å². The number of hydrogen-bond donors (Lipinski definition) is 1. The fourth-order valence-corrected chi connectivity index (χ4v) is 2.37. The second-order valence-corrected chi connectivity index (χ2v) is 4.90. The highest BCUT2D eigenvalue weighted by Crippen LogP contribution is 2.23. The minimum atomic E-state index is 0.699. The third-order valence-electron chi connectivity index (χ3n) is 2.44. The van der Waals surface area contributed by atoms with Gasteiger partial charge in [-0.3, -0.25) is 4.98 Å². The molecule has 0 aliphatic heterocycles. The average Bonchev–Trinajstić information content (AvgIpc) is 2.84. The summed E-state index contributed by atoms with van der Waals surface area (Å²) in [6.07, 6.45) is 1.78. The van der Waals surface area contributed by atoms with Crippen molar-refractivity contribution in [2.24, 2.45) is 0 Å². The zero-order valence-electron chi connectivity index (χ0n) is 10.5. The summed E-state index contributed by atoms with van der Waals surface area (Å²) in [5.41, 5.74) is 2.03. The molecule has 0 aliphatic carbocycles. The van der Waals surface area contributed by atoms with E-state index in [9.17, 15) is 0 Å². The molecule has 5 nitrogen and oxygen atoms in total. The molecule has 2 rings (SSSR count). The lowest BCUT2D eigenvalue weighted by molar-refractivity contribution is 0.199. The van der Waals surface area contributed by atoms with E-state index in [1.165, 1.54) is 0 Å². The van der Waals surface area contributed by atoms with Crippen molar-refractivity contribution in [1.29, 1.82) is 0 Å². The molecule has 0 aliphatic rings. The van der Waals surface area contributed by atoms with Crippen LogP contribution in [0.25, 0.3) is 10.7 Å². The Bertz CT molecular complexity index is 500. The fourth-order valence-electron chi connectivity index (χ4n) is 1.50. The lowest BCUT2D eigenvalue weighted by Crippen LogP contribution is -2.18. The summed E-state index contributed by atoms with van der Waals surface area (Å²) in [4.78, 5) is 4.34. The van der Waals surface area contributed by atoms with Gasteiger partial charge in [0, 0.05) is 26.4 Å². The van der Waals surface area contributed by atoms with Crippen LogP contribution in [0.5, 0.6) is 0 Å². The maximum atomic E-state index is 4.96. The number of nitrogens with zero attached hydrogens (tertiary/aromatic N) is 3. The van der Waals surface area contributed by atoms with Gasteiger partial charge in [-0.05, 0) is 18.6 Å². The van der Waals surface area contributed by atoms with E-state index >= 15 is 0 Å². The molecule has 0 aromatic carbocycles. The van der Waals surface area contributed by atoms with Crippen molar-refractivity contribution in [3.8, 4) is 10.7 Å². The van der Waals surface area contributed by atoms with E-state index in [1.807, 2.05) is 19.1 Å². The van der Waals surface area contributed by atoms with E-state index in [1.54, 1.807) is 24.6 Å². The molecule has 0 fully saturated rings. The van der Waals surface area contributed by atoms with Crippen LogP contribution in [0.3, 0.4) is 0 Å². The van der Waals surface area contributed by atoms with Gasteiger partial charge in [0.05, 0.1) is 6.61 Å². The van der Waals surface area contributed by atoms with E-state index in [2.05, 4.69) is 20.5 Å². The Hall–Kier alpha value is -1.37. The van der Waals surface area contributed by atoms with Crippen LogP contribution in [0.15, 0.2) is 18.3 Å². The van der Waals surface area contributed by atoms with Crippen LogP contribution in [0.2, 0.25) is 0 Å². The predicted molar refractivity (Wildman–Crippen MR) is 71.5 cm³/mol. The number of rotatable bonds is 6. The Morgan fingerprint density at radius 1 is 1.39 bits per heavy atom. The maximum absolute atomic E-state index is 4.96. The van der Waals surface area contributed by atoms with Gasteiger partial charge in [-0.25, -0.2) is 0 Å². The number of aromatic nitrogens is 3. The van der Waals surface area contributed by atoms with Crippen LogP contribution < -0.4 is 5.32 Å². The van der Waals surface area contributed by atoms with E-state index in [0.717, 1.165) is 27.8 Å². The predicted octanol–water partition coefficient (Wildman–Crippen LogP) is 1.64. The second-order valence-electron chi connectivity index (χ2n) is 3.84.